The number of aromatic nitrogens is 2. The maximum Gasteiger partial charge on any atom is 0.411 e. The third-order valence-electron chi connectivity index (χ3n) is 18.6. The number of rotatable bonds is 12. The predicted octanol–water partition coefficient (Wildman–Crippen LogP) is 24.6. The van der Waals surface area contributed by atoms with Gasteiger partial charge in [0.1, 0.15) is 0 Å². The Kier molecular flexibility index (Phi) is 14.4. The van der Waals surface area contributed by atoms with Crippen molar-refractivity contribution in [3.05, 3.63) is 351 Å². The average molecular weight is 1240 g/mol. The first kappa shape index (κ1) is 58.4. The lowest BCUT2D eigenvalue weighted by atomic mass is 9.72. The molecule has 0 atom stereocenters. The van der Waals surface area contributed by atoms with Crippen molar-refractivity contribution in [2.45, 2.75) is 17.8 Å². The summed E-state index contributed by atoms with van der Waals surface area (Å²) < 4.78 is 103. The van der Waals surface area contributed by atoms with Crippen molar-refractivity contribution in [3.8, 4) is 100 Å². The lowest BCUT2D eigenvalue weighted by Crippen LogP contribution is -2.54. The Morgan fingerprint density at radius 3 is 0.611 bits per heavy atom. The van der Waals surface area contributed by atoms with Crippen LogP contribution in [0.2, 0.25) is 0 Å². The van der Waals surface area contributed by atoms with Crippen LogP contribution < -0.4 is 0 Å². The van der Waals surface area contributed by atoms with E-state index in [1.807, 2.05) is 194 Å². The first-order valence-electron chi connectivity index (χ1n) is 31.5. The molecule has 0 saturated carbocycles. The van der Waals surface area contributed by atoms with Gasteiger partial charge in [0.25, 0.3) is 0 Å². The summed E-state index contributed by atoms with van der Waals surface area (Å²) in [7, 11) is 0. The van der Waals surface area contributed by atoms with Crippen molar-refractivity contribution in [2.24, 2.45) is 0 Å². The van der Waals surface area contributed by atoms with E-state index >= 15 is 26.3 Å². The third-order valence-corrected chi connectivity index (χ3v) is 18.6. The SMILES string of the molecule is FC(F)(F)C(c1ccc(-c2cc(-c3ccccc3)c3c(c2)c2cc(-c4ccccc4)cc(-c4ccccc4)c2n3-c2ccccc2)cc1)(c1ccc(-c2cc(-c3ccccc3)c3c(c2)c2cc(-c4ccccc4)cc(-c4ccccc4)c2n3-c2ccccc2)cc1)C(F)(F)F. The van der Waals surface area contributed by atoms with Crippen LogP contribution in [-0.2, 0) is 5.41 Å². The van der Waals surface area contributed by atoms with Gasteiger partial charge in [0.15, 0.2) is 0 Å². The number of halogens is 6. The van der Waals surface area contributed by atoms with E-state index in [2.05, 4.69) is 106 Å². The first-order valence-corrected chi connectivity index (χ1v) is 31.5. The monoisotopic (exact) mass is 1240 g/mol. The summed E-state index contributed by atoms with van der Waals surface area (Å²) in [5, 5.41) is 3.54. The van der Waals surface area contributed by atoms with Crippen LogP contribution in [0.4, 0.5) is 26.3 Å². The highest BCUT2D eigenvalue weighted by atomic mass is 19.4. The summed E-state index contributed by atoms with van der Waals surface area (Å²) in [5.41, 5.74) is 12.6. The molecule has 8 heteroatoms. The highest BCUT2D eigenvalue weighted by Gasteiger charge is 2.72. The van der Waals surface area contributed by atoms with Crippen molar-refractivity contribution in [2.75, 3.05) is 0 Å². The second-order valence-electron chi connectivity index (χ2n) is 24.1. The predicted molar refractivity (Wildman–Crippen MR) is 378 cm³/mol. The van der Waals surface area contributed by atoms with E-state index in [9.17, 15) is 0 Å². The molecule has 14 aromatic carbocycles. The zero-order chi connectivity index (χ0) is 64.4. The normalized spacial score (nSPS) is 12.1. The molecule has 0 aliphatic rings. The summed E-state index contributed by atoms with van der Waals surface area (Å²) in [6.07, 6.45) is -11.7. The standard InChI is InChI=1S/C87H56F6N2/c88-86(89,90)85(87(91,92)93,69-45-41-59(42-46-69)67-51-75(63-33-17-5-18-34-63)83-79(55-67)77-53-65(57-25-9-1-10-26-57)49-73(61-29-13-3-14-30-61)81(77)94(83)71-37-21-7-22-38-71)70-47-43-60(44-48-70)68-52-76(64-35-19-6-20-36-64)84-80(56-68)78-54-66(58-27-11-2-12-28-58)50-74(62-31-15-4-16-32-62)82(78)95(84)72-39-23-8-24-40-72/h1-56H. The molecule has 0 saturated heterocycles. The molecule has 456 valence electrons. The molecule has 0 unspecified atom stereocenters. The number of nitrogens with zero attached hydrogens (tertiary/aromatic N) is 2. The zero-order valence-electron chi connectivity index (χ0n) is 51.0. The summed E-state index contributed by atoms with van der Waals surface area (Å²) >= 11 is 0. The van der Waals surface area contributed by atoms with E-state index in [0.29, 0.717) is 22.3 Å². The second-order valence-corrected chi connectivity index (χ2v) is 24.1. The van der Waals surface area contributed by atoms with E-state index in [4.69, 9.17) is 0 Å². The quantitative estimate of drug-likeness (QED) is 0.108. The van der Waals surface area contributed by atoms with Crippen LogP contribution >= 0.6 is 0 Å². The van der Waals surface area contributed by atoms with Gasteiger partial charge >= 0.3 is 12.4 Å². The fourth-order valence-electron chi connectivity index (χ4n) is 14.3. The Hall–Kier alpha value is -11.7. The summed E-state index contributed by atoms with van der Waals surface area (Å²) in [6, 6.07) is 107. The van der Waals surface area contributed by atoms with E-state index in [1.165, 1.54) is 24.3 Å². The van der Waals surface area contributed by atoms with Crippen LogP contribution in [-0.4, -0.2) is 21.5 Å². The number of hydrogen-bond acceptors (Lipinski definition) is 0. The van der Waals surface area contributed by atoms with Gasteiger partial charge < -0.3 is 9.13 Å². The minimum Gasteiger partial charge on any atom is -0.308 e. The van der Waals surface area contributed by atoms with Crippen LogP contribution in [0.1, 0.15) is 11.1 Å². The summed E-state index contributed by atoms with van der Waals surface area (Å²) in [6.45, 7) is 0. The van der Waals surface area contributed by atoms with Gasteiger partial charge in [0.2, 0.25) is 5.41 Å². The molecular weight excluding hydrogens is 1190 g/mol. The Morgan fingerprint density at radius 1 is 0.189 bits per heavy atom. The minimum absolute atomic E-state index is 0.439. The minimum atomic E-state index is -5.84. The van der Waals surface area contributed by atoms with E-state index < -0.39 is 28.9 Å². The molecule has 0 amide bonds. The van der Waals surface area contributed by atoms with Crippen LogP contribution in [0.5, 0.6) is 0 Å². The Labute approximate surface area is 545 Å². The van der Waals surface area contributed by atoms with Gasteiger partial charge in [-0.3, -0.25) is 0 Å². The van der Waals surface area contributed by atoms with Gasteiger partial charge in [-0.05, 0) is 151 Å². The Bertz CT molecular complexity index is 5130. The molecule has 2 heterocycles. The van der Waals surface area contributed by atoms with Gasteiger partial charge in [0.05, 0.1) is 22.1 Å². The Morgan fingerprint density at radius 2 is 0.389 bits per heavy atom. The molecule has 16 rings (SSSR count). The smallest absolute Gasteiger partial charge is 0.308 e. The molecule has 16 aromatic rings. The largest absolute Gasteiger partial charge is 0.411 e. The molecule has 0 spiro atoms. The van der Waals surface area contributed by atoms with Gasteiger partial charge in [0, 0.05) is 55.2 Å². The molecule has 0 radical (unpaired) electrons. The number of para-hydroxylation sites is 2. The molecule has 2 nitrogen and oxygen atoms in total. The van der Waals surface area contributed by atoms with Crippen molar-refractivity contribution >= 4 is 43.6 Å². The molecule has 0 aliphatic carbocycles. The maximum absolute atomic E-state index is 16.4. The lowest BCUT2D eigenvalue weighted by molar-refractivity contribution is -0.288. The number of hydrogen-bond donors (Lipinski definition) is 0. The highest BCUT2D eigenvalue weighted by Crippen LogP contribution is 2.57. The molecule has 2 aromatic heterocycles. The van der Waals surface area contributed by atoms with Crippen LogP contribution in [0.3, 0.4) is 0 Å². The lowest BCUT2D eigenvalue weighted by Gasteiger charge is -2.38. The van der Waals surface area contributed by atoms with Crippen molar-refractivity contribution in [1.29, 1.82) is 0 Å². The van der Waals surface area contributed by atoms with Crippen molar-refractivity contribution < 1.29 is 26.3 Å². The van der Waals surface area contributed by atoms with E-state index in [1.54, 1.807) is 0 Å². The third kappa shape index (κ3) is 9.99. The summed E-state index contributed by atoms with van der Waals surface area (Å²) in [5.74, 6) is 0. The van der Waals surface area contributed by atoms with Crippen LogP contribution in [0.25, 0.3) is 144 Å². The molecule has 0 N–H and O–H groups in total. The van der Waals surface area contributed by atoms with Gasteiger partial charge in [-0.25, -0.2) is 0 Å². The zero-order valence-corrected chi connectivity index (χ0v) is 51.0. The number of fused-ring (bicyclic) bond motifs is 6. The fourth-order valence-corrected chi connectivity index (χ4v) is 14.3. The van der Waals surface area contributed by atoms with Crippen LogP contribution in [0.15, 0.2) is 340 Å². The van der Waals surface area contributed by atoms with Gasteiger partial charge in [-0.2, -0.15) is 26.3 Å². The van der Waals surface area contributed by atoms with Crippen LogP contribution in [0, 0.1) is 0 Å². The molecule has 0 bridgehead atoms. The Balaban J connectivity index is 0.875. The molecule has 0 fully saturated rings. The number of alkyl halides is 6. The van der Waals surface area contributed by atoms with E-state index in [-0.39, 0.29) is 0 Å². The first-order chi connectivity index (χ1) is 46.4. The summed E-state index contributed by atoms with van der Waals surface area (Å²) in [4.78, 5) is 0. The van der Waals surface area contributed by atoms with Gasteiger partial charge in [-0.15, -0.1) is 0 Å². The van der Waals surface area contributed by atoms with Gasteiger partial charge in [-0.1, -0.05) is 267 Å². The molecular formula is C87H56F6N2. The fraction of sp³-hybridized carbons (Fsp3) is 0.0345. The second kappa shape index (κ2) is 23.4. The topological polar surface area (TPSA) is 9.86 Å². The maximum atomic E-state index is 16.4. The number of benzene rings is 14. The highest BCUT2D eigenvalue weighted by molar-refractivity contribution is 6.21. The average Bonchev–Trinajstić information content (AvgIpc) is 1.68. The van der Waals surface area contributed by atoms with Crippen molar-refractivity contribution in [1.82, 2.24) is 9.13 Å². The molecule has 0 aliphatic heterocycles. The molecule has 95 heavy (non-hydrogen) atoms. The van der Waals surface area contributed by atoms with E-state index in [0.717, 1.165) is 146 Å². The van der Waals surface area contributed by atoms with Crippen molar-refractivity contribution in [3.63, 3.8) is 0 Å².